The summed E-state index contributed by atoms with van der Waals surface area (Å²) >= 11 is 5.94. The normalized spacial score (nSPS) is 13.2. The van der Waals surface area contributed by atoms with E-state index < -0.39 is 6.04 Å². The zero-order valence-corrected chi connectivity index (χ0v) is 13.3. The van der Waals surface area contributed by atoms with Crippen LogP contribution in [0.4, 0.5) is 0 Å². The standard InChI is InChI=1S/C14H21ClN2O2.ClH/c1-3-5-12(16)14(18)17-9-13(19-2)10-6-4-7-11(15)8-10;/h4,6-8,12-13H,3,5,9,16H2,1-2H3,(H,17,18);1H. The highest BCUT2D eigenvalue weighted by molar-refractivity contribution is 6.30. The molecule has 2 atom stereocenters. The van der Waals surface area contributed by atoms with Gasteiger partial charge < -0.3 is 15.8 Å². The number of nitrogens with two attached hydrogens (primary N) is 1. The van der Waals surface area contributed by atoms with Gasteiger partial charge in [0.1, 0.15) is 0 Å². The van der Waals surface area contributed by atoms with Crippen molar-refractivity contribution in [3.05, 3.63) is 34.9 Å². The van der Waals surface area contributed by atoms with Crippen molar-refractivity contribution < 1.29 is 9.53 Å². The third-order valence-electron chi connectivity index (χ3n) is 2.90. The summed E-state index contributed by atoms with van der Waals surface area (Å²) in [5.41, 5.74) is 6.67. The molecule has 4 nitrogen and oxygen atoms in total. The molecular weight excluding hydrogens is 299 g/mol. The molecule has 0 heterocycles. The van der Waals surface area contributed by atoms with Crippen LogP contribution in [0.3, 0.4) is 0 Å². The van der Waals surface area contributed by atoms with Crippen LogP contribution in [0.15, 0.2) is 24.3 Å². The lowest BCUT2D eigenvalue weighted by Gasteiger charge is -2.18. The molecule has 0 saturated carbocycles. The molecule has 3 N–H and O–H groups in total. The van der Waals surface area contributed by atoms with E-state index in [4.69, 9.17) is 22.1 Å². The van der Waals surface area contributed by atoms with Gasteiger partial charge in [0.2, 0.25) is 5.91 Å². The minimum absolute atomic E-state index is 0. The van der Waals surface area contributed by atoms with E-state index in [-0.39, 0.29) is 24.4 Å². The van der Waals surface area contributed by atoms with E-state index >= 15 is 0 Å². The number of methoxy groups -OCH3 is 1. The lowest BCUT2D eigenvalue weighted by molar-refractivity contribution is -0.123. The van der Waals surface area contributed by atoms with Crippen LogP contribution in [-0.4, -0.2) is 25.6 Å². The summed E-state index contributed by atoms with van der Waals surface area (Å²) in [6.07, 6.45) is 1.34. The van der Waals surface area contributed by atoms with Crippen LogP contribution >= 0.6 is 24.0 Å². The predicted octanol–water partition coefficient (Wildman–Crippen LogP) is 2.69. The number of carbonyl (C=O) groups excluding carboxylic acids is 1. The molecule has 0 saturated heterocycles. The summed E-state index contributed by atoms with van der Waals surface area (Å²) < 4.78 is 5.37. The quantitative estimate of drug-likeness (QED) is 0.811. The first kappa shape index (κ1) is 19.2. The molecule has 20 heavy (non-hydrogen) atoms. The molecule has 0 fully saturated rings. The van der Waals surface area contributed by atoms with E-state index in [2.05, 4.69) is 5.32 Å². The van der Waals surface area contributed by atoms with Crippen LogP contribution in [-0.2, 0) is 9.53 Å². The van der Waals surface area contributed by atoms with Gasteiger partial charge in [0.15, 0.2) is 0 Å². The summed E-state index contributed by atoms with van der Waals surface area (Å²) in [7, 11) is 1.60. The Labute approximate surface area is 131 Å². The molecule has 0 aromatic heterocycles. The van der Waals surface area contributed by atoms with Gasteiger partial charge in [-0.05, 0) is 24.1 Å². The molecule has 1 rings (SSSR count). The monoisotopic (exact) mass is 320 g/mol. The summed E-state index contributed by atoms with van der Waals surface area (Å²) in [4.78, 5) is 11.7. The lowest BCUT2D eigenvalue weighted by atomic mass is 10.1. The van der Waals surface area contributed by atoms with Crippen LogP contribution in [0.25, 0.3) is 0 Å². The lowest BCUT2D eigenvalue weighted by Crippen LogP contribution is -2.42. The summed E-state index contributed by atoms with van der Waals surface area (Å²) in [6.45, 7) is 2.38. The van der Waals surface area contributed by atoms with Crippen molar-refractivity contribution in [3.8, 4) is 0 Å². The Kier molecular flexibility index (Phi) is 9.59. The van der Waals surface area contributed by atoms with Gasteiger partial charge in [-0.25, -0.2) is 0 Å². The van der Waals surface area contributed by atoms with Crippen molar-refractivity contribution >= 4 is 29.9 Å². The van der Waals surface area contributed by atoms with Crippen molar-refractivity contribution in [1.82, 2.24) is 5.32 Å². The zero-order valence-electron chi connectivity index (χ0n) is 11.8. The Balaban J connectivity index is 0.00000361. The molecule has 2 unspecified atom stereocenters. The molecule has 1 aromatic carbocycles. The SMILES string of the molecule is CCCC(N)C(=O)NCC(OC)c1cccc(Cl)c1.Cl. The molecular formula is C14H22Cl2N2O2. The fourth-order valence-corrected chi connectivity index (χ4v) is 2.01. The number of halogens is 2. The third kappa shape index (κ3) is 6.09. The Morgan fingerprint density at radius 3 is 2.75 bits per heavy atom. The number of benzene rings is 1. The van der Waals surface area contributed by atoms with Crippen molar-refractivity contribution in [2.24, 2.45) is 5.73 Å². The number of amides is 1. The van der Waals surface area contributed by atoms with Crippen LogP contribution in [0, 0.1) is 0 Å². The number of hydrogen-bond donors (Lipinski definition) is 2. The van der Waals surface area contributed by atoms with Gasteiger partial charge in [-0.3, -0.25) is 4.79 Å². The first-order chi connectivity index (χ1) is 9.08. The first-order valence-electron chi connectivity index (χ1n) is 6.40. The highest BCUT2D eigenvalue weighted by Crippen LogP contribution is 2.19. The topological polar surface area (TPSA) is 64.4 Å². The number of hydrogen-bond acceptors (Lipinski definition) is 3. The summed E-state index contributed by atoms with van der Waals surface area (Å²) in [6, 6.07) is 6.94. The van der Waals surface area contributed by atoms with E-state index in [1.807, 2.05) is 25.1 Å². The zero-order chi connectivity index (χ0) is 14.3. The number of carbonyl (C=O) groups is 1. The number of ether oxygens (including phenoxy) is 1. The van der Waals surface area contributed by atoms with E-state index in [9.17, 15) is 4.79 Å². The largest absolute Gasteiger partial charge is 0.375 e. The van der Waals surface area contributed by atoms with Crippen molar-refractivity contribution in [2.75, 3.05) is 13.7 Å². The second-order valence-electron chi connectivity index (χ2n) is 4.42. The Bertz CT molecular complexity index is 416. The van der Waals surface area contributed by atoms with Gasteiger partial charge in [0, 0.05) is 18.7 Å². The minimum atomic E-state index is -0.457. The van der Waals surface area contributed by atoms with Crippen LogP contribution in [0.5, 0.6) is 0 Å². The van der Waals surface area contributed by atoms with Gasteiger partial charge >= 0.3 is 0 Å². The average molecular weight is 321 g/mol. The van der Waals surface area contributed by atoms with E-state index in [0.29, 0.717) is 18.0 Å². The van der Waals surface area contributed by atoms with Crippen LogP contribution in [0.1, 0.15) is 31.4 Å². The molecule has 0 bridgehead atoms. The molecule has 1 aromatic rings. The maximum Gasteiger partial charge on any atom is 0.237 e. The first-order valence-corrected chi connectivity index (χ1v) is 6.77. The maximum absolute atomic E-state index is 11.7. The van der Waals surface area contributed by atoms with E-state index in [1.165, 1.54) is 0 Å². The third-order valence-corrected chi connectivity index (χ3v) is 3.14. The van der Waals surface area contributed by atoms with Crippen molar-refractivity contribution in [3.63, 3.8) is 0 Å². The second-order valence-corrected chi connectivity index (χ2v) is 4.86. The second kappa shape index (κ2) is 10.00. The molecule has 0 radical (unpaired) electrons. The Morgan fingerprint density at radius 1 is 1.50 bits per heavy atom. The Morgan fingerprint density at radius 2 is 2.20 bits per heavy atom. The number of rotatable bonds is 7. The van der Waals surface area contributed by atoms with E-state index in [0.717, 1.165) is 12.0 Å². The van der Waals surface area contributed by atoms with Gasteiger partial charge in [-0.1, -0.05) is 37.1 Å². The van der Waals surface area contributed by atoms with Gasteiger partial charge in [-0.2, -0.15) is 0 Å². The molecule has 6 heteroatoms. The molecule has 1 amide bonds. The van der Waals surface area contributed by atoms with Crippen molar-refractivity contribution in [2.45, 2.75) is 31.9 Å². The molecule has 0 spiro atoms. The van der Waals surface area contributed by atoms with Crippen LogP contribution < -0.4 is 11.1 Å². The van der Waals surface area contributed by atoms with E-state index in [1.54, 1.807) is 13.2 Å². The summed E-state index contributed by atoms with van der Waals surface area (Å²) in [5.74, 6) is -0.147. The number of nitrogens with one attached hydrogen (secondary N) is 1. The fraction of sp³-hybridized carbons (Fsp3) is 0.500. The fourth-order valence-electron chi connectivity index (χ4n) is 1.81. The highest BCUT2D eigenvalue weighted by Gasteiger charge is 2.16. The van der Waals surface area contributed by atoms with Crippen molar-refractivity contribution in [1.29, 1.82) is 0 Å². The minimum Gasteiger partial charge on any atom is -0.375 e. The average Bonchev–Trinajstić information content (AvgIpc) is 2.39. The highest BCUT2D eigenvalue weighted by atomic mass is 35.5. The predicted molar refractivity (Wildman–Crippen MR) is 84.3 cm³/mol. The van der Waals surface area contributed by atoms with Gasteiger partial charge in [0.05, 0.1) is 12.1 Å². The molecule has 0 aliphatic rings. The van der Waals surface area contributed by atoms with Crippen LogP contribution in [0.2, 0.25) is 5.02 Å². The van der Waals surface area contributed by atoms with Gasteiger partial charge in [0.25, 0.3) is 0 Å². The summed E-state index contributed by atoms with van der Waals surface area (Å²) in [5, 5.41) is 3.45. The molecule has 114 valence electrons. The Hall–Kier alpha value is -0.810. The smallest absolute Gasteiger partial charge is 0.237 e. The van der Waals surface area contributed by atoms with Gasteiger partial charge in [-0.15, -0.1) is 12.4 Å². The molecule has 0 aliphatic carbocycles. The molecule has 0 aliphatic heterocycles. The maximum atomic E-state index is 11.7.